The first-order valence-corrected chi connectivity index (χ1v) is 10.5. The molecule has 5 rings (SSSR count). The van der Waals surface area contributed by atoms with Crippen LogP contribution in [0.5, 0.6) is 5.75 Å². The first-order chi connectivity index (χ1) is 16.2. The summed E-state index contributed by atoms with van der Waals surface area (Å²) in [7, 11) is 1.56. The molecule has 0 aliphatic carbocycles. The molecule has 2 aromatic heterocycles. The second kappa shape index (κ2) is 8.58. The molecule has 1 amide bonds. The van der Waals surface area contributed by atoms with E-state index in [1.165, 1.54) is 0 Å². The zero-order valence-corrected chi connectivity index (χ0v) is 18.1. The van der Waals surface area contributed by atoms with Gasteiger partial charge in [0.1, 0.15) is 11.3 Å². The van der Waals surface area contributed by atoms with Crippen LogP contribution in [0.4, 0.5) is 5.69 Å². The predicted octanol–water partition coefficient (Wildman–Crippen LogP) is 4.90. The molecule has 3 aromatic carbocycles. The number of nitrogens with zero attached hydrogens (tertiary/aromatic N) is 4. The van der Waals surface area contributed by atoms with Crippen LogP contribution in [0.1, 0.15) is 23.1 Å². The lowest BCUT2D eigenvalue weighted by Gasteiger charge is -2.10. The van der Waals surface area contributed by atoms with Crippen molar-refractivity contribution in [2.75, 3.05) is 12.4 Å². The van der Waals surface area contributed by atoms with Gasteiger partial charge in [-0.1, -0.05) is 59.8 Å². The Morgan fingerprint density at radius 1 is 1.06 bits per heavy atom. The third-order valence-corrected chi connectivity index (χ3v) is 5.41. The maximum Gasteiger partial charge on any atom is 0.278 e. The van der Waals surface area contributed by atoms with E-state index in [2.05, 4.69) is 20.8 Å². The number of carbonyl (C=O) groups is 1. The molecule has 2 heterocycles. The number of fused-ring (bicyclic) bond motifs is 1. The molecular weight excluding hydrogens is 418 g/mol. The molecule has 0 unspecified atom stereocenters. The fraction of sp³-hybridized carbons (Fsp3) is 0.120. The lowest BCUT2D eigenvalue weighted by molar-refractivity contribution is 0.102. The van der Waals surface area contributed by atoms with E-state index < -0.39 is 0 Å². The fourth-order valence-electron chi connectivity index (χ4n) is 3.79. The summed E-state index contributed by atoms with van der Waals surface area (Å²) in [5, 5.41) is 16.4. The molecule has 0 radical (unpaired) electrons. The van der Waals surface area contributed by atoms with Crippen molar-refractivity contribution in [3.8, 4) is 22.8 Å². The summed E-state index contributed by atoms with van der Waals surface area (Å²) < 4.78 is 12.6. The summed E-state index contributed by atoms with van der Waals surface area (Å²) >= 11 is 0. The van der Waals surface area contributed by atoms with Gasteiger partial charge < -0.3 is 14.6 Å². The van der Waals surface area contributed by atoms with E-state index in [0.717, 1.165) is 22.2 Å². The zero-order valence-electron chi connectivity index (χ0n) is 18.1. The Morgan fingerprint density at radius 2 is 1.85 bits per heavy atom. The summed E-state index contributed by atoms with van der Waals surface area (Å²) in [5.41, 5.74) is 3.97. The van der Waals surface area contributed by atoms with Gasteiger partial charge in [0.15, 0.2) is 11.5 Å². The van der Waals surface area contributed by atoms with E-state index >= 15 is 0 Å². The van der Waals surface area contributed by atoms with Crippen molar-refractivity contribution in [2.45, 2.75) is 13.3 Å². The first-order valence-electron chi connectivity index (χ1n) is 10.5. The van der Waals surface area contributed by atoms with Gasteiger partial charge >= 0.3 is 0 Å². The van der Waals surface area contributed by atoms with Crippen molar-refractivity contribution in [2.24, 2.45) is 0 Å². The number of para-hydroxylation sites is 2. The maximum atomic E-state index is 13.0. The molecule has 0 aliphatic rings. The minimum atomic E-state index is -0.348. The Labute approximate surface area is 189 Å². The molecule has 5 aromatic rings. The highest BCUT2D eigenvalue weighted by Gasteiger charge is 2.21. The molecule has 33 heavy (non-hydrogen) atoms. The van der Waals surface area contributed by atoms with Crippen molar-refractivity contribution >= 4 is 22.5 Å². The van der Waals surface area contributed by atoms with Crippen LogP contribution >= 0.6 is 0 Å². The Balaban J connectivity index is 1.52. The van der Waals surface area contributed by atoms with Crippen LogP contribution in [0.25, 0.3) is 27.9 Å². The third-order valence-electron chi connectivity index (χ3n) is 5.41. The Hall–Kier alpha value is -4.46. The second-order valence-corrected chi connectivity index (χ2v) is 7.38. The normalized spacial score (nSPS) is 11.0. The number of nitrogens with one attached hydrogen (secondary N) is 1. The molecule has 8 nitrogen and oxygen atoms in total. The molecule has 164 valence electrons. The number of amides is 1. The van der Waals surface area contributed by atoms with Gasteiger partial charge in [0, 0.05) is 5.56 Å². The molecular formula is C25H21N5O3. The van der Waals surface area contributed by atoms with Crippen LogP contribution in [-0.2, 0) is 6.42 Å². The molecule has 0 saturated heterocycles. The van der Waals surface area contributed by atoms with Gasteiger partial charge in [0.05, 0.1) is 29.6 Å². The highest BCUT2D eigenvalue weighted by atomic mass is 16.5. The summed E-state index contributed by atoms with van der Waals surface area (Å²) in [4.78, 5) is 13.0. The second-order valence-electron chi connectivity index (χ2n) is 7.38. The van der Waals surface area contributed by atoms with E-state index in [4.69, 9.17) is 9.26 Å². The van der Waals surface area contributed by atoms with Gasteiger partial charge in [-0.25, -0.2) is 4.68 Å². The van der Waals surface area contributed by atoms with E-state index in [-0.39, 0.29) is 11.6 Å². The largest absolute Gasteiger partial charge is 0.495 e. The van der Waals surface area contributed by atoms with Crippen molar-refractivity contribution < 1.29 is 14.1 Å². The number of aromatic nitrogens is 4. The van der Waals surface area contributed by atoms with E-state index in [1.807, 2.05) is 67.6 Å². The third kappa shape index (κ3) is 3.71. The van der Waals surface area contributed by atoms with Crippen LogP contribution in [0.15, 0.2) is 77.3 Å². The summed E-state index contributed by atoms with van der Waals surface area (Å²) in [6, 6.07) is 22.7. The minimum Gasteiger partial charge on any atom is -0.495 e. The maximum absolute atomic E-state index is 13.0. The summed E-state index contributed by atoms with van der Waals surface area (Å²) in [6.45, 7) is 1.96. The minimum absolute atomic E-state index is 0.261. The average molecular weight is 439 g/mol. The number of carbonyl (C=O) groups excluding carboxylic acids is 1. The fourth-order valence-corrected chi connectivity index (χ4v) is 3.79. The first kappa shape index (κ1) is 20.4. The zero-order chi connectivity index (χ0) is 22.8. The van der Waals surface area contributed by atoms with Crippen LogP contribution in [0.3, 0.4) is 0 Å². The van der Waals surface area contributed by atoms with Crippen molar-refractivity contribution in [3.05, 3.63) is 84.2 Å². The van der Waals surface area contributed by atoms with Crippen molar-refractivity contribution in [1.29, 1.82) is 0 Å². The predicted molar refractivity (Wildman–Crippen MR) is 125 cm³/mol. The number of ether oxygens (including phenoxy) is 1. The van der Waals surface area contributed by atoms with Crippen LogP contribution in [0.2, 0.25) is 0 Å². The lowest BCUT2D eigenvalue weighted by Crippen LogP contribution is -2.15. The Kier molecular flexibility index (Phi) is 5.32. The van der Waals surface area contributed by atoms with Gasteiger partial charge in [-0.05, 0) is 36.8 Å². The molecule has 0 fully saturated rings. The molecule has 0 bridgehead atoms. The average Bonchev–Trinajstić information content (AvgIpc) is 3.48. The van der Waals surface area contributed by atoms with Gasteiger partial charge in [-0.2, -0.15) is 0 Å². The number of hydrogen-bond donors (Lipinski definition) is 1. The molecule has 1 N–H and O–H groups in total. The van der Waals surface area contributed by atoms with Crippen LogP contribution < -0.4 is 10.1 Å². The summed E-state index contributed by atoms with van der Waals surface area (Å²) in [6.07, 6.45) is 0.564. The smallest absolute Gasteiger partial charge is 0.278 e. The molecule has 8 heteroatoms. The van der Waals surface area contributed by atoms with Crippen molar-refractivity contribution in [3.63, 3.8) is 0 Å². The monoisotopic (exact) mass is 439 g/mol. The van der Waals surface area contributed by atoms with Crippen LogP contribution in [0, 0.1) is 0 Å². The topological polar surface area (TPSA) is 95.1 Å². The molecule has 0 saturated carbocycles. The number of methoxy groups -OCH3 is 1. The van der Waals surface area contributed by atoms with Gasteiger partial charge in [0.25, 0.3) is 5.91 Å². The van der Waals surface area contributed by atoms with Crippen LogP contribution in [-0.4, -0.2) is 33.2 Å². The van der Waals surface area contributed by atoms with Gasteiger partial charge in [-0.3, -0.25) is 4.79 Å². The Morgan fingerprint density at radius 3 is 2.64 bits per heavy atom. The van der Waals surface area contributed by atoms with Crippen molar-refractivity contribution in [1.82, 2.24) is 20.2 Å². The van der Waals surface area contributed by atoms with E-state index in [9.17, 15) is 4.79 Å². The number of rotatable bonds is 6. The molecule has 0 aliphatic heterocycles. The number of benzene rings is 3. The Bertz CT molecular complexity index is 1440. The van der Waals surface area contributed by atoms with E-state index in [0.29, 0.717) is 29.3 Å². The highest BCUT2D eigenvalue weighted by molar-refractivity contribution is 6.04. The molecule has 0 atom stereocenters. The van der Waals surface area contributed by atoms with Gasteiger partial charge in [-0.15, -0.1) is 5.10 Å². The lowest BCUT2D eigenvalue weighted by atomic mass is 10.1. The highest BCUT2D eigenvalue weighted by Crippen LogP contribution is 2.30. The summed E-state index contributed by atoms with van der Waals surface area (Å²) in [5.74, 6) is 0.904. The molecule has 0 spiro atoms. The quantitative estimate of drug-likeness (QED) is 0.404. The standard InChI is InChI=1S/C25H21N5O3/c1-3-21-23(25(31)26-20-11-7-8-12-22(20)32-2)27-29-30(21)17-13-14-19-18(15-17)24(33-28-19)16-9-5-4-6-10-16/h4-15H,3H2,1-2H3,(H,26,31). The number of hydrogen-bond acceptors (Lipinski definition) is 6. The SMILES string of the molecule is CCc1c(C(=O)Nc2ccccc2OC)nnn1-c1ccc2noc(-c3ccccc3)c2c1. The number of anilines is 1. The van der Waals surface area contributed by atoms with Gasteiger partial charge in [0.2, 0.25) is 0 Å². The van der Waals surface area contributed by atoms with E-state index in [1.54, 1.807) is 23.9 Å².